The molecule has 0 spiro atoms. The first-order valence-electron chi connectivity index (χ1n) is 7.09. The van der Waals surface area contributed by atoms with Gasteiger partial charge in [-0.05, 0) is 31.4 Å². The van der Waals surface area contributed by atoms with Crippen LogP contribution in [0.5, 0.6) is 0 Å². The van der Waals surface area contributed by atoms with Crippen LogP contribution in [-0.4, -0.2) is 25.3 Å². The lowest BCUT2D eigenvalue weighted by Gasteiger charge is -2.23. The van der Waals surface area contributed by atoms with Gasteiger partial charge in [-0.3, -0.25) is 0 Å². The number of hydrogen-bond acceptors (Lipinski definition) is 2. The molecular weight excluding hydrogens is 265 g/mol. The first-order chi connectivity index (χ1) is 9.46. The van der Waals surface area contributed by atoms with E-state index in [0.717, 1.165) is 24.3 Å². The van der Waals surface area contributed by atoms with Crippen molar-refractivity contribution in [3.8, 4) is 0 Å². The van der Waals surface area contributed by atoms with Crippen molar-refractivity contribution in [2.75, 3.05) is 18.0 Å². The number of halogens is 3. The van der Waals surface area contributed by atoms with Crippen LogP contribution in [0.25, 0.3) is 0 Å². The topological polar surface area (TPSA) is 15.3 Å². The van der Waals surface area contributed by atoms with Gasteiger partial charge in [0.2, 0.25) is 0 Å². The third-order valence-corrected chi connectivity index (χ3v) is 3.62. The molecule has 0 bridgehead atoms. The van der Waals surface area contributed by atoms with Gasteiger partial charge >= 0.3 is 6.18 Å². The van der Waals surface area contributed by atoms with Crippen LogP contribution < -0.4 is 10.2 Å². The highest BCUT2D eigenvalue weighted by Crippen LogP contribution is 2.25. The van der Waals surface area contributed by atoms with Gasteiger partial charge in [-0.15, -0.1) is 0 Å². The molecule has 1 aromatic carbocycles. The largest absolute Gasteiger partial charge is 0.390 e. The van der Waals surface area contributed by atoms with Crippen LogP contribution in [-0.2, 0) is 6.54 Å². The molecule has 1 aliphatic rings. The summed E-state index contributed by atoms with van der Waals surface area (Å²) in [7, 11) is 0. The Morgan fingerprint density at radius 2 is 1.85 bits per heavy atom. The number of hydrogen-bond donors (Lipinski definition) is 1. The van der Waals surface area contributed by atoms with Crippen LogP contribution in [0.2, 0.25) is 0 Å². The number of rotatable bonds is 5. The number of nitrogens with one attached hydrogen (secondary N) is 1. The molecule has 1 fully saturated rings. The Morgan fingerprint density at radius 1 is 1.20 bits per heavy atom. The molecule has 0 aromatic heterocycles. The van der Waals surface area contributed by atoms with Gasteiger partial charge in [0.1, 0.15) is 0 Å². The fraction of sp³-hybridized carbons (Fsp3) is 0.600. The average Bonchev–Trinajstić information content (AvgIpc) is 2.88. The molecule has 112 valence electrons. The van der Waals surface area contributed by atoms with E-state index in [4.69, 9.17) is 0 Å². The molecule has 0 saturated carbocycles. The van der Waals surface area contributed by atoms with Crippen LogP contribution in [0.1, 0.15) is 31.7 Å². The maximum atomic E-state index is 12.3. The zero-order valence-electron chi connectivity index (χ0n) is 11.7. The van der Waals surface area contributed by atoms with Crippen molar-refractivity contribution < 1.29 is 13.2 Å². The van der Waals surface area contributed by atoms with Crippen molar-refractivity contribution in [2.45, 2.75) is 44.9 Å². The highest BCUT2D eigenvalue weighted by Gasteiger charge is 2.29. The molecule has 2 rings (SSSR count). The van der Waals surface area contributed by atoms with E-state index in [2.05, 4.69) is 16.3 Å². The Bertz CT molecular complexity index is 425. The van der Waals surface area contributed by atoms with Gasteiger partial charge in [0.25, 0.3) is 0 Å². The number of para-hydroxylation sites is 1. The monoisotopic (exact) mass is 286 g/mol. The predicted octanol–water partition coefficient (Wildman–Crippen LogP) is 3.72. The summed E-state index contributed by atoms with van der Waals surface area (Å²) < 4.78 is 36.9. The number of benzene rings is 1. The van der Waals surface area contributed by atoms with Crippen molar-refractivity contribution in [2.24, 2.45) is 0 Å². The zero-order chi connectivity index (χ0) is 14.6. The molecule has 1 aromatic rings. The minimum Gasteiger partial charge on any atom is -0.371 e. The molecule has 0 amide bonds. The SMILES string of the molecule is CC(CC(F)(F)F)NCc1ccccc1N1CCCC1. The summed E-state index contributed by atoms with van der Waals surface area (Å²) >= 11 is 0. The Kier molecular flexibility index (Phi) is 4.91. The molecule has 1 saturated heterocycles. The summed E-state index contributed by atoms with van der Waals surface area (Å²) in [5, 5.41) is 2.97. The first-order valence-corrected chi connectivity index (χ1v) is 7.09. The van der Waals surface area contributed by atoms with Crippen LogP contribution in [0, 0.1) is 0 Å². The first kappa shape index (κ1) is 15.2. The van der Waals surface area contributed by atoms with Gasteiger partial charge in [-0.1, -0.05) is 18.2 Å². The second-order valence-electron chi connectivity index (χ2n) is 5.42. The summed E-state index contributed by atoms with van der Waals surface area (Å²) in [4.78, 5) is 2.31. The van der Waals surface area contributed by atoms with Crippen LogP contribution in [0.4, 0.5) is 18.9 Å². The Morgan fingerprint density at radius 3 is 2.50 bits per heavy atom. The standard InChI is InChI=1S/C15H21F3N2/c1-12(10-15(16,17)18)19-11-13-6-2-3-7-14(13)20-8-4-5-9-20/h2-3,6-7,12,19H,4-5,8-11H2,1H3. The zero-order valence-corrected chi connectivity index (χ0v) is 11.7. The lowest BCUT2D eigenvalue weighted by atomic mass is 10.1. The second kappa shape index (κ2) is 6.48. The molecule has 1 aliphatic heterocycles. The number of anilines is 1. The van der Waals surface area contributed by atoms with Gasteiger partial charge in [0.05, 0.1) is 6.42 Å². The summed E-state index contributed by atoms with van der Waals surface area (Å²) in [5.41, 5.74) is 2.22. The lowest BCUT2D eigenvalue weighted by molar-refractivity contribution is -0.139. The maximum Gasteiger partial charge on any atom is 0.390 e. The van der Waals surface area contributed by atoms with Crippen molar-refractivity contribution >= 4 is 5.69 Å². The van der Waals surface area contributed by atoms with E-state index in [0.29, 0.717) is 6.54 Å². The van der Waals surface area contributed by atoms with Gasteiger partial charge in [-0.2, -0.15) is 13.2 Å². The van der Waals surface area contributed by atoms with Crippen molar-refractivity contribution in [1.29, 1.82) is 0 Å². The number of nitrogens with zero attached hydrogens (tertiary/aromatic N) is 1. The van der Waals surface area contributed by atoms with Gasteiger partial charge in [0.15, 0.2) is 0 Å². The van der Waals surface area contributed by atoms with Crippen molar-refractivity contribution in [3.63, 3.8) is 0 Å². The molecule has 0 radical (unpaired) electrons. The smallest absolute Gasteiger partial charge is 0.371 e. The van der Waals surface area contributed by atoms with Crippen molar-refractivity contribution in [3.05, 3.63) is 29.8 Å². The third-order valence-electron chi connectivity index (χ3n) is 3.62. The van der Waals surface area contributed by atoms with Crippen LogP contribution in [0.3, 0.4) is 0 Å². The molecule has 5 heteroatoms. The van der Waals surface area contributed by atoms with E-state index in [-0.39, 0.29) is 0 Å². The van der Waals surface area contributed by atoms with Gasteiger partial charge < -0.3 is 10.2 Å². The minimum absolute atomic E-state index is 0.476. The quantitative estimate of drug-likeness (QED) is 0.887. The van der Waals surface area contributed by atoms with E-state index < -0.39 is 18.6 Å². The molecule has 20 heavy (non-hydrogen) atoms. The van der Waals surface area contributed by atoms with E-state index in [1.54, 1.807) is 6.92 Å². The number of alkyl halides is 3. The molecule has 1 unspecified atom stereocenters. The highest BCUT2D eigenvalue weighted by atomic mass is 19.4. The predicted molar refractivity (Wildman–Crippen MR) is 74.9 cm³/mol. The molecule has 1 heterocycles. The molecule has 0 aliphatic carbocycles. The van der Waals surface area contributed by atoms with E-state index in [9.17, 15) is 13.2 Å². The fourth-order valence-corrected chi connectivity index (χ4v) is 2.63. The van der Waals surface area contributed by atoms with Crippen molar-refractivity contribution in [1.82, 2.24) is 5.32 Å². The fourth-order valence-electron chi connectivity index (χ4n) is 2.63. The molecule has 1 atom stereocenters. The van der Waals surface area contributed by atoms with E-state index >= 15 is 0 Å². The molecule has 1 N–H and O–H groups in total. The lowest BCUT2D eigenvalue weighted by Crippen LogP contribution is -2.31. The summed E-state index contributed by atoms with van der Waals surface area (Å²) in [6.07, 6.45) is -2.53. The second-order valence-corrected chi connectivity index (χ2v) is 5.42. The van der Waals surface area contributed by atoms with Gasteiger partial charge in [0, 0.05) is 31.4 Å². The Hall–Kier alpha value is -1.23. The summed E-state index contributed by atoms with van der Waals surface area (Å²) in [5.74, 6) is 0. The van der Waals surface area contributed by atoms with Crippen LogP contribution >= 0.6 is 0 Å². The van der Waals surface area contributed by atoms with Crippen LogP contribution in [0.15, 0.2) is 24.3 Å². The molecule has 2 nitrogen and oxygen atoms in total. The normalized spacial score (nSPS) is 17.5. The summed E-state index contributed by atoms with van der Waals surface area (Å²) in [6, 6.07) is 7.39. The Labute approximate surface area is 118 Å². The Balaban J connectivity index is 1.95. The molecular formula is C15H21F3N2. The highest BCUT2D eigenvalue weighted by molar-refractivity contribution is 5.54. The van der Waals surface area contributed by atoms with E-state index in [1.807, 2.05) is 18.2 Å². The van der Waals surface area contributed by atoms with E-state index in [1.165, 1.54) is 12.8 Å². The average molecular weight is 286 g/mol. The summed E-state index contributed by atoms with van der Waals surface area (Å²) in [6.45, 7) is 4.13. The van der Waals surface area contributed by atoms with Gasteiger partial charge in [-0.25, -0.2) is 0 Å². The minimum atomic E-state index is -4.11. The third kappa shape index (κ3) is 4.40. The maximum absolute atomic E-state index is 12.3.